The van der Waals surface area contributed by atoms with E-state index in [0.717, 1.165) is 38.2 Å². The number of hydrogen-bond donors (Lipinski definition) is 0. The van der Waals surface area contributed by atoms with Gasteiger partial charge in [-0.15, -0.1) is 11.8 Å². The number of benzene rings is 3. The van der Waals surface area contributed by atoms with Gasteiger partial charge in [-0.3, -0.25) is 9.36 Å². The fraction of sp³-hybridized carbons (Fsp3) is 0.206. The standard InChI is InChI=1S/C34H30FN3O3S2/c1-5-41-33(40)30-20(2)36-34-38(31(30)23-12-16-25(42-4)17-13-23)32(39)29(43-34)18-27-21(3)37(28-9-7-6-8-26(27)28)19-22-10-14-24(35)15-11-22/h6-18,31H,5,19H2,1-4H3/b29-18-/t31-/m0/s1. The molecule has 0 fully saturated rings. The lowest BCUT2D eigenvalue weighted by Crippen LogP contribution is -2.39. The Kier molecular flexibility index (Phi) is 7.94. The summed E-state index contributed by atoms with van der Waals surface area (Å²) in [6.07, 6.45) is 3.94. The topological polar surface area (TPSA) is 65.6 Å². The van der Waals surface area contributed by atoms with Crippen molar-refractivity contribution < 1.29 is 13.9 Å². The first-order chi connectivity index (χ1) is 20.8. The Morgan fingerprint density at radius 3 is 2.49 bits per heavy atom. The van der Waals surface area contributed by atoms with Crippen LogP contribution in [0.15, 0.2) is 98.7 Å². The zero-order chi connectivity index (χ0) is 30.2. The predicted molar refractivity (Wildman–Crippen MR) is 171 cm³/mol. The Hall–Kier alpha value is -4.21. The molecule has 1 atom stereocenters. The van der Waals surface area contributed by atoms with Gasteiger partial charge in [-0.2, -0.15) is 0 Å². The van der Waals surface area contributed by atoms with Crippen LogP contribution in [0.25, 0.3) is 17.0 Å². The van der Waals surface area contributed by atoms with E-state index >= 15 is 0 Å². The molecule has 9 heteroatoms. The van der Waals surface area contributed by atoms with E-state index in [1.165, 1.54) is 23.5 Å². The normalized spacial score (nSPS) is 15.1. The molecule has 5 aromatic rings. The number of carbonyl (C=O) groups is 1. The van der Waals surface area contributed by atoms with Crippen molar-refractivity contribution in [2.45, 2.75) is 38.3 Å². The summed E-state index contributed by atoms with van der Waals surface area (Å²) in [5, 5.41) is 1.01. The van der Waals surface area contributed by atoms with E-state index in [1.54, 1.807) is 42.3 Å². The van der Waals surface area contributed by atoms with Gasteiger partial charge < -0.3 is 9.30 Å². The molecule has 218 valence electrons. The van der Waals surface area contributed by atoms with Crippen LogP contribution in [0.5, 0.6) is 0 Å². The van der Waals surface area contributed by atoms with Crippen molar-refractivity contribution in [3.05, 3.63) is 132 Å². The monoisotopic (exact) mass is 611 g/mol. The Morgan fingerprint density at radius 2 is 1.79 bits per heavy atom. The summed E-state index contributed by atoms with van der Waals surface area (Å²) < 4.78 is 23.3. The van der Waals surface area contributed by atoms with Gasteiger partial charge in [0.15, 0.2) is 4.80 Å². The van der Waals surface area contributed by atoms with Gasteiger partial charge in [0.05, 0.1) is 28.5 Å². The molecule has 1 aliphatic rings. The van der Waals surface area contributed by atoms with Crippen molar-refractivity contribution in [1.82, 2.24) is 9.13 Å². The number of halogens is 1. The highest BCUT2D eigenvalue weighted by molar-refractivity contribution is 7.98. The summed E-state index contributed by atoms with van der Waals surface area (Å²) in [5.74, 6) is -0.745. The van der Waals surface area contributed by atoms with E-state index in [0.29, 0.717) is 27.1 Å². The molecule has 6 nitrogen and oxygen atoms in total. The highest BCUT2D eigenvalue weighted by atomic mass is 32.2. The van der Waals surface area contributed by atoms with Gasteiger partial charge in [-0.1, -0.05) is 53.8 Å². The molecule has 43 heavy (non-hydrogen) atoms. The number of thioether (sulfide) groups is 1. The Morgan fingerprint density at radius 1 is 1.07 bits per heavy atom. The van der Waals surface area contributed by atoms with Crippen LogP contribution in [-0.4, -0.2) is 28.0 Å². The molecule has 0 N–H and O–H groups in total. The third-order valence-electron chi connectivity index (χ3n) is 7.76. The number of rotatable bonds is 7. The smallest absolute Gasteiger partial charge is 0.338 e. The fourth-order valence-electron chi connectivity index (χ4n) is 5.64. The van der Waals surface area contributed by atoms with Crippen LogP contribution in [0.3, 0.4) is 0 Å². The number of ether oxygens (including phenoxy) is 1. The summed E-state index contributed by atoms with van der Waals surface area (Å²) in [6, 6.07) is 21.8. The summed E-state index contributed by atoms with van der Waals surface area (Å²) in [6.45, 7) is 6.38. The summed E-state index contributed by atoms with van der Waals surface area (Å²) in [7, 11) is 0. The minimum atomic E-state index is -0.658. The van der Waals surface area contributed by atoms with Crippen LogP contribution in [-0.2, 0) is 16.1 Å². The molecule has 0 spiro atoms. The number of esters is 1. The molecule has 0 aliphatic carbocycles. The molecule has 0 amide bonds. The molecular formula is C34H30FN3O3S2. The van der Waals surface area contributed by atoms with Gasteiger partial charge in [0.2, 0.25) is 0 Å². The number of nitrogens with zero attached hydrogens (tertiary/aromatic N) is 3. The van der Waals surface area contributed by atoms with Crippen molar-refractivity contribution in [2.24, 2.45) is 4.99 Å². The van der Waals surface area contributed by atoms with Gasteiger partial charge >= 0.3 is 5.97 Å². The van der Waals surface area contributed by atoms with Crippen LogP contribution in [0.4, 0.5) is 4.39 Å². The average molecular weight is 612 g/mol. The third kappa shape index (κ3) is 5.28. The summed E-state index contributed by atoms with van der Waals surface area (Å²) in [4.78, 5) is 33.7. The van der Waals surface area contributed by atoms with Gasteiger partial charge in [0, 0.05) is 33.6 Å². The molecular weight excluding hydrogens is 582 g/mol. The van der Waals surface area contributed by atoms with Crippen molar-refractivity contribution in [1.29, 1.82) is 0 Å². The van der Waals surface area contributed by atoms with E-state index in [-0.39, 0.29) is 18.0 Å². The molecule has 3 aromatic carbocycles. The highest BCUT2D eigenvalue weighted by Crippen LogP contribution is 2.32. The van der Waals surface area contributed by atoms with Crippen LogP contribution in [0.1, 0.15) is 42.3 Å². The van der Waals surface area contributed by atoms with Crippen molar-refractivity contribution in [3.8, 4) is 0 Å². The van der Waals surface area contributed by atoms with Crippen LogP contribution in [0.2, 0.25) is 0 Å². The van der Waals surface area contributed by atoms with Crippen LogP contribution < -0.4 is 14.9 Å². The molecule has 0 bridgehead atoms. The number of para-hydroxylation sites is 1. The first kappa shape index (κ1) is 28.9. The Bertz CT molecular complexity index is 2070. The Labute approximate surface area is 256 Å². The lowest BCUT2D eigenvalue weighted by molar-refractivity contribution is -0.139. The predicted octanol–water partition coefficient (Wildman–Crippen LogP) is 5.97. The molecule has 6 rings (SSSR count). The fourth-order valence-corrected chi connectivity index (χ4v) is 7.08. The van der Waals surface area contributed by atoms with E-state index in [2.05, 4.69) is 10.6 Å². The Balaban J connectivity index is 1.53. The number of fused-ring (bicyclic) bond motifs is 2. The molecule has 0 radical (unpaired) electrons. The van der Waals surface area contributed by atoms with E-state index in [1.807, 2.05) is 61.7 Å². The highest BCUT2D eigenvalue weighted by Gasteiger charge is 2.33. The molecule has 0 saturated carbocycles. The maximum absolute atomic E-state index is 14.2. The van der Waals surface area contributed by atoms with Gasteiger partial charge in [0.25, 0.3) is 5.56 Å². The molecule has 3 heterocycles. The lowest BCUT2D eigenvalue weighted by atomic mass is 9.96. The van der Waals surface area contributed by atoms with Crippen molar-refractivity contribution >= 4 is 46.0 Å². The number of allylic oxidation sites excluding steroid dienone is 1. The SMILES string of the molecule is CCOC(=O)C1=C(C)N=c2s/c(=C\c3c(C)n(Cc4ccc(F)cc4)c4ccccc34)c(=O)n2[C@H]1c1ccc(SC)cc1. The number of aromatic nitrogens is 2. The molecule has 2 aromatic heterocycles. The average Bonchev–Trinajstić information content (AvgIpc) is 3.46. The molecule has 1 aliphatic heterocycles. The van der Waals surface area contributed by atoms with Crippen LogP contribution >= 0.6 is 23.1 Å². The number of thiazole rings is 1. The maximum atomic E-state index is 14.2. The molecule has 0 saturated heterocycles. The van der Waals surface area contributed by atoms with E-state index in [4.69, 9.17) is 9.73 Å². The first-order valence-corrected chi connectivity index (χ1v) is 16.0. The van der Waals surface area contributed by atoms with Crippen LogP contribution in [0, 0.1) is 12.7 Å². The summed E-state index contributed by atoms with van der Waals surface area (Å²) >= 11 is 2.94. The van der Waals surface area contributed by atoms with E-state index in [9.17, 15) is 14.0 Å². The van der Waals surface area contributed by atoms with Crippen molar-refractivity contribution in [3.63, 3.8) is 0 Å². The number of carbonyl (C=O) groups excluding carboxylic acids is 1. The summed E-state index contributed by atoms with van der Waals surface area (Å²) in [5.41, 5.74) is 5.43. The maximum Gasteiger partial charge on any atom is 0.338 e. The zero-order valence-electron chi connectivity index (χ0n) is 24.3. The minimum Gasteiger partial charge on any atom is -0.463 e. The van der Waals surface area contributed by atoms with Gasteiger partial charge in [0.1, 0.15) is 5.82 Å². The third-order valence-corrected chi connectivity index (χ3v) is 9.48. The van der Waals surface area contributed by atoms with Gasteiger partial charge in [-0.25, -0.2) is 14.2 Å². The molecule has 0 unspecified atom stereocenters. The van der Waals surface area contributed by atoms with E-state index < -0.39 is 12.0 Å². The quantitative estimate of drug-likeness (QED) is 0.168. The van der Waals surface area contributed by atoms with Crippen molar-refractivity contribution in [2.75, 3.05) is 12.9 Å². The second-order valence-corrected chi connectivity index (χ2v) is 12.2. The zero-order valence-corrected chi connectivity index (χ0v) is 25.9. The number of hydrogen-bond acceptors (Lipinski definition) is 6. The second-order valence-electron chi connectivity index (χ2n) is 10.3. The first-order valence-electron chi connectivity index (χ1n) is 14.0. The second kappa shape index (κ2) is 11.8. The van der Waals surface area contributed by atoms with Gasteiger partial charge in [-0.05, 0) is 74.6 Å². The lowest BCUT2D eigenvalue weighted by Gasteiger charge is -2.24. The largest absolute Gasteiger partial charge is 0.463 e. The minimum absolute atomic E-state index is 0.216.